The first-order valence-corrected chi connectivity index (χ1v) is 9.88. The van der Waals surface area contributed by atoms with Crippen molar-refractivity contribution in [3.8, 4) is 11.1 Å². The molecular formula is C23H20FN3O3. The van der Waals surface area contributed by atoms with Crippen LogP contribution < -0.4 is 5.32 Å². The van der Waals surface area contributed by atoms with E-state index in [0.717, 1.165) is 24.2 Å². The summed E-state index contributed by atoms with van der Waals surface area (Å²) in [6.07, 6.45) is 3.83. The average molecular weight is 405 g/mol. The highest BCUT2D eigenvalue weighted by molar-refractivity contribution is 6.11. The Labute approximate surface area is 173 Å². The van der Waals surface area contributed by atoms with Crippen LogP contribution in [0.3, 0.4) is 0 Å². The van der Waals surface area contributed by atoms with E-state index >= 15 is 0 Å². The Bertz CT molecular complexity index is 1080. The quantitative estimate of drug-likeness (QED) is 0.463. The molecule has 0 radical (unpaired) electrons. The van der Waals surface area contributed by atoms with E-state index in [1.807, 2.05) is 0 Å². The first kappa shape index (κ1) is 19.8. The van der Waals surface area contributed by atoms with Gasteiger partial charge >= 0.3 is 6.03 Å². The molecule has 2 aromatic carbocycles. The smallest absolute Gasteiger partial charge is 0.323 e. The first-order chi connectivity index (χ1) is 14.4. The number of amides is 3. The number of hydrogen-bond donors (Lipinski definition) is 1. The van der Waals surface area contributed by atoms with Crippen LogP contribution in [0.4, 0.5) is 14.9 Å². The van der Waals surface area contributed by atoms with E-state index in [1.54, 1.807) is 30.3 Å². The van der Waals surface area contributed by atoms with E-state index in [4.69, 9.17) is 6.57 Å². The molecule has 6 nitrogen and oxygen atoms in total. The molecule has 152 valence electrons. The molecule has 1 aliphatic heterocycles. The van der Waals surface area contributed by atoms with Crippen molar-refractivity contribution in [3.05, 3.63) is 65.3 Å². The van der Waals surface area contributed by atoms with Gasteiger partial charge in [-0.25, -0.2) is 14.0 Å². The van der Waals surface area contributed by atoms with Crippen LogP contribution in [0.15, 0.2) is 42.5 Å². The Morgan fingerprint density at radius 2 is 1.83 bits per heavy atom. The number of carbonyl (C=O) groups excluding carboxylic acids is 3. The molecular weight excluding hydrogens is 385 g/mol. The third-order valence-electron chi connectivity index (χ3n) is 5.83. The van der Waals surface area contributed by atoms with Gasteiger partial charge in [0.25, 0.3) is 5.91 Å². The van der Waals surface area contributed by atoms with E-state index in [-0.39, 0.29) is 5.56 Å². The number of benzene rings is 2. The highest BCUT2D eigenvalue weighted by Crippen LogP contribution is 2.34. The second-order valence-electron chi connectivity index (χ2n) is 7.74. The summed E-state index contributed by atoms with van der Waals surface area (Å²) in [6, 6.07) is 10.3. The Morgan fingerprint density at radius 1 is 1.10 bits per heavy atom. The van der Waals surface area contributed by atoms with Gasteiger partial charge in [-0.1, -0.05) is 43.5 Å². The topological polar surface area (TPSA) is 70.8 Å². The lowest BCUT2D eigenvalue weighted by atomic mass is 9.82. The second-order valence-corrected chi connectivity index (χ2v) is 7.74. The molecule has 1 spiro atoms. The minimum absolute atomic E-state index is 0.176. The first-order valence-electron chi connectivity index (χ1n) is 9.88. The molecule has 2 aliphatic rings. The van der Waals surface area contributed by atoms with Gasteiger partial charge in [-0.3, -0.25) is 14.5 Å². The largest absolute Gasteiger partial charge is 0.325 e. The maximum atomic E-state index is 14.7. The molecule has 0 bridgehead atoms. The summed E-state index contributed by atoms with van der Waals surface area (Å²) in [7, 11) is 0. The molecule has 30 heavy (non-hydrogen) atoms. The fourth-order valence-corrected chi connectivity index (χ4v) is 4.22. The standard InChI is InChI=1S/C23H20FN3O3/c1-25-17-7-5-6-15(12-17)16-8-9-18(19(24)13-16)20(28)14-27-21(29)23(26-22(27)30)10-3-2-4-11-23/h5-9,12-13H,2-4,10-11,14H2,(H,26,30). The van der Waals surface area contributed by atoms with E-state index < -0.39 is 35.6 Å². The van der Waals surface area contributed by atoms with Crippen LogP contribution in [-0.4, -0.2) is 34.7 Å². The summed E-state index contributed by atoms with van der Waals surface area (Å²) >= 11 is 0. The lowest BCUT2D eigenvalue weighted by molar-refractivity contribution is -0.132. The minimum Gasteiger partial charge on any atom is -0.323 e. The number of nitrogens with one attached hydrogen (secondary N) is 1. The number of rotatable bonds is 4. The molecule has 0 aromatic heterocycles. The lowest BCUT2D eigenvalue weighted by Gasteiger charge is -2.30. The third-order valence-corrected chi connectivity index (χ3v) is 5.83. The lowest BCUT2D eigenvalue weighted by Crippen LogP contribution is -2.48. The maximum absolute atomic E-state index is 14.7. The zero-order valence-corrected chi connectivity index (χ0v) is 16.3. The number of carbonyl (C=O) groups is 3. The van der Waals surface area contributed by atoms with E-state index in [0.29, 0.717) is 29.7 Å². The molecule has 2 aromatic rings. The van der Waals surface area contributed by atoms with Crippen LogP contribution in [0.1, 0.15) is 42.5 Å². The maximum Gasteiger partial charge on any atom is 0.325 e. The van der Waals surface area contributed by atoms with Gasteiger partial charge in [0, 0.05) is 0 Å². The van der Waals surface area contributed by atoms with Gasteiger partial charge in [-0.15, -0.1) is 0 Å². The van der Waals surface area contributed by atoms with Gasteiger partial charge in [0.2, 0.25) is 0 Å². The van der Waals surface area contributed by atoms with Crippen molar-refractivity contribution in [1.29, 1.82) is 0 Å². The zero-order chi connectivity index (χ0) is 21.3. The molecule has 4 rings (SSSR count). The summed E-state index contributed by atoms with van der Waals surface area (Å²) in [6.45, 7) is 6.60. The van der Waals surface area contributed by atoms with E-state index in [1.165, 1.54) is 12.1 Å². The minimum atomic E-state index is -0.911. The molecule has 2 fully saturated rings. The van der Waals surface area contributed by atoms with Crippen LogP contribution in [0.2, 0.25) is 0 Å². The number of ketones is 1. The SMILES string of the molecule is [C-]#[N+]c1cccc(-c2ccc(C(=O)CN3C(=O)NC4(CCCCC4)C3=O)c(F)c2)c1. The van der Waals surface area contributed by atoms with Gasteiger partial charge in [0.1, 0.15) is 11.4 Å². The van der Waals surface area contributed by atoms with Crippen LogP contribution >= 0.6 is 0 Å². The monoisotopic (exact) mass is 405 g/mol. The molecule has 1 N–H and O–H groups in total. The second kappa shape index (κ2) is 7.71. The molecule has 1 saturated heterocycles. The highest BCUT2D eigenvalue weighted by atomic mass is 19.1. The van der Waals surface area contributed by atoms with Gasteiger partial charge in [-0.2, -0.15) is 0 Å². The van der Waals surface area contributed by atoms with Gasteiger partial charge in [-0.05, 0) is 42.2 Å². The summed E-state index contributed by atoms with van der Waals surface area (Å²) in [5.74, 6) is -1.76. The molecule has 1 heterocycles. The zero-order valence-electron chi connectivity index (χ0n) is 16.3. The van der Waals surface area contributed by atoms with Crippen LogP contribution in [0.25, 0.3) is 16.0 Å². The number of urea groups is 1. The molecule has 1 aliphatic carbocycles. The number of halogens is 1. The summed E-state index contributed by atoms with van der Waals surface area (Å²) in [5.41, 5.74) is 0.542. The number of nitrogens with zero attached hydrogens (tertiary/aromatic N) is 2. The molecule has 1 saturated carbocycles. The summed E-state index contributed by atoms with van der Waals surface area (Å²) < 4.78 is 14.7. The van der Waals surface area contributed by atoms with Crippen molar-refractivity contribution in [1.82, 2.24) is 10.2 Å². The Kier molecular flexibility index (Phi) is 5.08. The van der Waals surface area contributed by atoms with Crippen molar-refractivity contribution < 1.29 is 18.8 Å². The summed E-state index contributed by atoms with van der Waals surface area (Å²) in [4.78, 5) is 42.1. The fourth-order valence-electron chi connectivity index (χ4n) is 4.22. The van der Waals surface area contributed by atoms with Crippen molar-refractivity contribution in [2.75, 3.05) is 6.54 Å². The molecule has 0 atom stereocenters. The number of Topliss-reactive ketones (excluding diaryl/α,β-unsaturated/α-hetero) is 1. The van der Waals surface area contributed by atoms with Crippen molar-refractivity contribution in [2.24, 2.45) is 0 Å². The normalized spacial score (nSPS) is 17.7. The van der Waals surface area contributed by atoms with Crippen LogP contribution in [0, 0.1) is 12.4 Å². The summed E-state index contributed by atoms with van der Waals surface area (Å²) in [5, 5.41) is 2.75. The third kappa shape index (κ3) is 3.45. The van der Waals surface area contributed by atoms with E-state index in [2.05, 4.69) is 10.2 Å². The van der Waals surface area contributed by atoms with E-state index in [9.17, 15) is 18.8 Å². The van der Waals surface area contributed by atoms with Crippen molar-refractivity contribution in [2.45, 2.75) is 37.6 Å². The highest BCUT2D eigenvalue weighted by Gasteiger charge is 2.51. The molecule has 0 unspecified atom stereocenters. The van der Waals surface area contributed by atoms with Gasteiger partial charge in [0.15, 0.2) is 11.5 Å². The van der Waals surface area contributed by atoms with Gasteiger partial charge < -0.3 is 5.32 Å². The predicted octanol–water partition coefficient (Wildman–Crippen LogP) is 4.48. The Balaban J connectivity index is 1.53. The van der Waals surface area contributed by atoms with Crippen LogP contribution in [-0.2, 0) is 4.79 Å². The van der Waals surface area contributed by atoms with Gasteiger partial charge in [0.05, 0.1) is 18.7 Å². The van der Waals surface area contributed by atoms with Crippen LogP contribution in [0.5, 0.6) is 0 Å². The Morgan fingerprint density at radius 3 is 2.53 bits per heavy atom. The molecule has 7 heteroatoms. The number of hydrogen-bond acceptors (Lipinski definition) is 3. The fraction of sp³-hybridized carbons (Fsp3) is 0.304. The Hall–Kier alpha value is -3.53. The van der Waals surface area contributed by atoms with Crippen molar-refractivity contribution in [3.63, 3.8) is 0 Å². The van der Waals surface area contributed by atoms with Crippen molar-refractivity contribution >= 4 is 23.4 Å². The predicted molar refractivity (Wildman–Crippen MR) is 108 cm³/mol. The number of imide groups is 1. The molecule has 3 amide bonds. The average Bonchev–Trinajstić information content (AvgIpc) is 2.98.